The lowest BCUT2D eigenvalue weighted by Crippen LogP contribution is -2.00. The van der Waals surface area contributed by atoms with Gasteiger partial charge in [0.15, 0.2) is 0 Å². The molecule has 5 nitrogen and oxygen atoms in total. The van der Waals surface area contributed by atoms with Crippen molar-refractivity contribution in [3.63, 3.8) is 0 Å². The van der Waals surface area contributed by atoms with Crippen LogP contribution in [0.15, 0.2) is 42.7 Å². The van der Waals surface area contributed by atoms with Crippen LogP contribution in [0.25, 0.3) is 16.7 Å². The van der Waals surface area contributed by atoms with E-state index in [2.05, 4.69) is 4.98 Å². The van der Waals surface area contributed by atoms with Gasteiger partial charge in [-0.2, -0.15) is 0 Å². The van der Waals surface area contributed by atoms with Crippen molar-refractivity contribution in [1.29, 1.82) is 0 Å². The van der Waals surface area contributed by atoms with Crippen LogP contribution >= 0.6 is 11.6 Å². The topological polar surface area (TPSA) is 61.0 Å². The first-order valence-corrected chi connectivity index (χ1v) is 6.01. The predicted molar refractivity (Wildman–Crippen MR) is 72.7 cm³/mol. The number of nitro benzene ring substituents is 1. The second-order valence-electron chi connectivity index (χ2n) is 4.12. The van der Waals surface area contributed by atoms with E-state index in [1.54, 1.807) is 18.2 Å². The zero-order valence-corrected chi connectivity index (χ0v) is 10.7. The minimum Gasteiger partial charge on any atom is -0.293 e. The summed E-state index contributed by atoms with van der Waals surface area (Å²) in [6.07, 6.45) is 1.45. The quantitative estimate of drug-likeness (QED) is 0.534. The van der Waals surface area contributed by atoms with E-state index in [1.807, 2.05) is 6.07 Å². The molecule has 0 fully saturated rings. The molecular weight excluding hydrogens is 285 g/mol. The van der Waals surface area contributed by atoms with Crippen molar-refractivity contribution in [3.8, 4) is 5.69 Å². The Kier molecular flexibility index (Phi) is 2.87. The molecule has 0 spiro atoms. The fourth-order valence-electron chi connectivity index (χ4n) is 2.02. The van der Waals surface area contributed by atoms with Gasteiger partial charge in [0.1, 0.15) is 17.8 Å². The summed E-state index contributed by atoms with van der Waals surface area (Å²) in [6, 6.07) is 9.19. The highest BCUT2D eigenvalue weighted by atomic mass is 35.5. The Hall–Kier alpha value is -2.47. The van der Waals surface area contributed by atoms with E-state index in [9.17, 15) is 14.5 Å². The summed E-state index contributed by atoms with van der Waals surface area (Å²) in [4.78, 5) is 14.6. The monoisotopic (exact) mass is 291 g/mol. The Balaban J connectivity index is 2.34. The van der Waals surface area contributed by atoms with Gasteiger partial charge in [0, 0.05) is 0 Å². The second-order valence-corrected chi connectivity index (χ2v) is 4.52. The maximum atomic E-state index is 13.4. The van der Waals surface area contributed by atoms with Crippen LogP contribution in [0, 0.1) is 15.9 Å². The molecule has 1 heterocycles. The highest BCUT2D eigenvalue weighted by Gasteiger charge is 2.20. The van der Waals surface area contributed by atoms with E-state index in [4.69, 9.17) is 11.6 Å². The van der Waals surface area contributed by atoms with Crippen molar-refractivity contribution in [3.05, 3.63) is 63.7 Å². The van der Waals surface area contributed by atoms with Gasteiger partial charge in [0.2, 0.25) is 0 Å². The molecule has 0 bridgehead atoms. The number of hydrogen-bond donors (Lipinski definition) is 0. The number of hydrogen-bond acceptors (Lipinski definition) is 3. The van der Waals surface area contributed by atoms with Gasteiger partial charge in [-0.15, -0.1) is 0 Å². The normalized spacial score (nSPS) is 10.9. The minimum absolute atomic E-state index is 0.176. The van der Waals surface area contributed by atoms with Crippen molar-refractivity contribution in [2.45, 2.75) is 0 Å². The standard InChI is InChI=1S/C13H7ClFN3O2/c14-8-5-12(13(18(19)20)6-9(8)15)17-7-16-10-3-1-2-4-11(10)17/h1-7H. The Morgan fingerprint density at radius 2 is 2.05 bits per heavy atom. The van der Waals surface area contributed by atoms with Crippen LogP contribution in [-0.4, -0.2) is 14.5 Å². The van der Waals surface area contributed by atoms with E-state index in [0.29, 0.717) is 11.0 Å². The summed E-state index contributed by atoms with van der Waals surface area (Å²) < 4.78 is 14.9. The predicted octanol–water partition coefficient (Wildman–Crippen LogP) is 3.73. The third-order valence-corrected chi connectivity index (χ3v) is 3.22. The van der Waals surface area contributed by atoms with Crippen molar-refractivity contribution >= 4 is 28.3 Å². The summed E-state index contributed by atoms with van der Waals surface area (Å²) in [7, 11) is 0. The van der Waals surface area contributed by atoms with Crippen LogP contribution < -0.4 is 0 Å². The van der Waals surface area contributed by atoms with E-state index < -0.39 is 10.7 Å². The van der Waals surface area contributed by atoms with Crippen LogP contribution in [0.4, 0.5) is 10.1 Å². The molecule has 3 rings (SSSR count). The highest BCUT2D eigenvalue weighted by Crippen LogP contribution is 2.31. The number of fused-ring (bicyclic) bond motifs is 1. The van der Waals surface area contributed by atoms with Crippen LogP contribution in [0.1, 0.15) is 0 Å². The van der Waals surface area contributed by atoms with Crippen molar-refractivity contribution in [2.24, 2.45) is 0 Å². The Morgan fingerprint density at radius 3 is 2.80 bits per heavy atom. The Bertz CT molecular complexity index is 832. The molecular formula is C13H7ClFN3O2. The van der Waals surface area contributed by atoms with Gasteiger partial charge >= 0.3 is 0 Å². The molecule has 0 unspecified atom stereocenters. The molecule has 3 aromatic rings. The van der Waals surface area contributed by atoms with E-state index in [-0.39, 0.29) is 16.4 Å². The highest BCUT2D eigenvalue weighted by molar-refractivity contribution is 6.31. The van der Waals surface area contributed by atoms with Gasteiger partial charge in [-0.3, -0.25) is 14.7 Å². The fraction of sp³-hybridized carbons (Fsp3) is 0. The number of imidazole rings is 1. The second kappa shape index (κ2) is 4.57. The first kappa shape index (κ1) is 12.6. The summed E-state index contributed by atoms with van der Waals surface area (Å²) in [5.74, 6) is -0.827. The third kappa shape index (κ3) is 1.90. The largest absolute Gasteiger partial charge is 0.296 e. The number of nitro groups is 1. The van der Waals surface area contributed by atoms with Gasteiger partial charge in [-0.1, -0.05) is 23.7 Å². The first-order valence-electron chi connectivity index (χ1n) is 5.64. The molecule has 0 saturated heterocycles. The summed E-state index contributed by atoms with van der Waals surface area (Å²) in [6.45, 7) is 0. The lowest BCUT2D eigenvalue weighted by atomic mass is 10.2. The zero-order chi connectivity index (χ0) is 14.3. The number of benzene rings is 2. The zero-order valence-electron chi connectivity index (χ0n) is 9.96. The lowest BCUT2D eigenvalue weighted by molar-refractivity contribution is -0.384. The molecule has 2 aromatic carbocycles. The van der Waals surface area contributed by atoms with Crippen molar-refractivity contribution < 1.29 is 9.31 Å². The number of para-hydroxylation sites is 2. The lowest BCUT2D eigenvalue weighted by Gasteiger charge is -2.06. The fourth-order valence-corrected chi connectivity index (χ4v) is 2.17. The molecule has 20 heavy (non-hydrogen) atoms. The molecule has 0 radical (unpaired) electrons. The molecule has 100 valence electrons. The minimum atomic E-state index is -0.827. The first-order chi connectivity index (χ1) is 9.58. The number of halogens is 2. The summed E-state index contributed by atoms with van der Waals surface area (Å²) in [5.41, 5.74) is 1.17. The number of aromatic nitrogens is 2. The molecule has 0 aliphatic carbocycles. The molecule has 0 aliphatic rings. The van der Waals surface area contributed by atoms with Crippen LogP contribution in [0.5, 0.6) is 0 Å². The SMILES string of the molecule is O=[N+]([O-])c1cc(F)c(Cl)cc1-n1cnc2ccccc21. The smallest absolute Gasteiger partial charge is 0.293 e. The molecule has 0 aliphatic heterocycles. The molecule has 0 saturated carbocycles. The van der Waals surface area contributed by atoms with Crippen LogP contribution in [-0.2, 0) is 0 Å². The van der Waals surface area contributed by atoms with E-state index >= 15 is 0 Å². The Labute approximate surface area is 117 Å². The third-order valence-electron chi connectivity index (χ3n) is 2.93. The van der Waals surface area contributed by atoms with Gasteiger partial charge in [-0.25, -0.2) is 9.37 Å². The number of nitrogens with zero attached hydrogens (tertiary/aromatic N) is 3. The number of rotatable bonds is 2. The van der Waals surface area contributed by atoms with Crippen molar-refractivity contribution in [2.75, 3.05) is 0 Å². The maximum absolute atomic E-state index is 13.4. The van der Waals surface area contributed by atoms with Gasteiger partial charge < -0.3 is 0 Å². The Morgan fingerprint density at radius 1 is 1.30 bits per heavy atom. The molecule has 7 heteroatoms. The van der Waals surface area contributed by atoms with Crippen LogP contribution in [0.3, 0.4) is 0 Å². The molecule has 1 aromatic heterocycles. The molecule has 0 N–H and O–H groups in total. The maximum Gasteiger partial charge on any atom is 0.296 e. The van der Waals surface area contributed by atoms with Gasteiger partial charge in [0.05, 0.1) is 27.0 Å². The molecule has 0 atom stereocenters. The van der Waals surface area contributed by atoms with E-state index in [1.165, 1.54) is 17.0 Å². The van der Waals surface area contributed by atoms with E-state index in [0.717, 1.165) is 6.07 Å². The average molecular weight is 292 g/mol. The van der Waals surface area contributed by atoms with Gasteiger partial charge in [0.25, 0.3) is 5.69 Å². The molecule has 0 amide bonds. The van der Waals surface area contributed by atoms with Crippen molar-refractivity contribution in [1.82, 2.24) is 9.55 Å². The summed E-state index contributed by atoms with van der Waals surface area (Å²) in [5, 5.41) is 10.9. The summed E-state index contributed by atoms with van der Waals surface area (Å²) >= 11 is 5.73. The van der Waals surface area contributed by atoms with Crippen LogP contribution in [0.2, 0.25) is 5.02 Å². The van der Waals surface area contributed by atoms with Gasteiger partial charge in [-0.05, 0) is 18.2 Å². The average Bonchev–Trinajstić information content (AvgIpc) is 2.85.